The molecule has 3 rings (SSSR count). The van der Waals surface area contributed by atoms with E-state index in [1.807, 2.05) is 11.8 Å². The first-order valence-electron chi connectivity index (χ1n) is 8.11. The Morgan fingerprint density at radius 3 is 2.68 bits per heavy atom. The second-order valence-electron chi connectivity index (χ2n) is 6.48. The average Bonchev–Trinajstić information content (AvgIpc) is 2.86. The summed E-state index contributed by atoms with van der Waals surface area (Å²) in [5, 5.41) is 3.19. The van der Waals surface area contributed by atoms with Crippen LogP contribution in [-0.4, -0.2) is 45.4 Å². The van der Waals surface area contributed by atoms with Gasteiger partial charge in [-0.1, -0.05) is 0 Å². The molecule has 1 unspecified atom stereocenters. The summed E-state index contributed by atoms with van der Waals surface area (Å²) < 4.78 is 2.15. The molecule has 1 aromatic rings. The van der Waals surface area contributed by atoms with Crippen LogP contribution in [0.25, 0.3) is 0 Å². The number of hydrogen-bond donors (Lipinski definition) is 1. The van der Waals surface area contributed by atoms with Crippen LogP contribution in [0.3, 0.4) is 0 Å². The smallest absolute Gasteiger partial charge is 0.223 e. The lowest BCUT2D eigenvalue weighted by molar-refractivity contribution is -0.134. The van der Waals surface area contributed by atoms with Crippen molar-refractivity contribution in [1.82, 2.24) is 19.8 Å². The molecule has 1 fully saturated rings. The Morgan fingerprint density at radius 1 is 1.27 bits per heavy atom. The summed E-state index contributed by atoms with van der Waals surface area (Å²) in [6, 6.07) is 0.194. The molecule has 1 atom stereocenters. The van der Waals surface area contributed by atoms with Gasteiger partial charge in [-0.2, -0.15) is 0 Å². The minimum absolute atomic E-state index is 0.0431. The minimum atomic E-state index is 0.0431. The lowest BCUT2D eigenvalue weighted by atomic mass is 9.95. The summed E-state index contributed by atoms with van der Waals surface area (Å²) in [6.07, 6.45) is 5.47. The largest absolute Gasteiger partial charge is 0.351 e. The molecule has 0 saturated carbocycles. The Balaban J connectivity index is 1.52. The third-order valence-corrected chi connectivity index (χ3v) is 4.77. The summed E-state index contributed by atoms with van der Waals surface area (Å²) in [7, 11) is 0. The fraction of sp³-hybridized carbons (Fsp3) is 0.688. The Kier molecular flexibility index (Phi) is 4.18. The summed E-state index contributed by atoms with van der Waals surface area (Å²) in [6.45, 7) is 5.80. The standard InChI is InChI=1S/C16H24N4O2/c1-11-9-20-10-14(3-4-15(20)17-11)18-16(22)13-5-7-19(8-6-13)12(2)21/h9,13-14H,3-8,10H2,1-2H3,(H,18,22). The maximum atomic E-state index is 12.4. The van der Waals surface area contributed by atoms with Crippen molar-refractivity contribution >= 4 is 11.8 Å². The van der Waals surface area contributed by atoms with Crippen LogP contribution < -0.4 is 5.32 Å². The predicted molar refractivity (Wildman–Crippen MR) is 82.2 cm³/mol. The highest BCUT2D eigenvalue weighted by Gasteiger charge is 2.28. The number of hydrogen-bond acceptors (Lipinski definition) is 3. The van der Waals surface area contributed by atoms with Crippen LogP contribution in [0.2, 0.25) is 0 Å². The lowest BCUT2D eigenvalue weighted by Crippen LogP contribution is -2.47. The Bertz CT molecular complexity index is 573. The molecule has 2 aliphatic heterocycles. The lowest BCUT2D eigenvalue weighted by Gasteiger charge is -2.32. The Hall–Kier alpha value is -1.85. The third kappa shape index (κ3) is 3.15. The molecule has 22 heavy (non-hydrogen) atoms. The highest BCUT2D eigenvalue weighted by molar-refractivity contribution is 5.79. The van der Waals surface area contributed by atoms with Crippen LogP contribution in [0.15, 0.2) is 6.20 Å². The minimum Gasteiger partial charge on any atom is -0.351 e. The number of amides is 2. The van der Waals surface area contributed by atoms with E-state index in [9.17, 15) is 9.59 Å². The number of rotatable bonds is 2. The zero-order valence-corrected chi connectivity index (χ0v) is 13.3. The molecule has 0 aromatic carbocycles. The fourth-order valence-corrected chi connectivity index (χ4v) is 3.48. The SMILES string of the molecule is CC(=O)N1CCC(C(=O)NC2CCc3nc(C)cn3C2)CC1. The van der Waals surface area contributed by atoms with Crippen molar-refractivity contribution in [3.63, 3.8) is 0 Å². The summed E-state index contributed by atoms with van der Waals surface area (Å²) in [4.78, 5) is 30.1. The number of nitrogens with one attached hydrogen (secondary N) is 1. The molecule has 0 radical (unpaired) electrons. The molecule has 1 N–H and O–H groups in total. The molecule has 1 aromatic heterocycles. The fourth-order valence-electron chi connectivity index (χ4n) is 3.48. The molecule has 0 aliphatic carbocycles. The number of carbonyl (C=O) groups is 2. The van der Waals surface area contributed by atoms with Crippen molar-refractivity contribution in [2.75, 3.05) is 13.1 Å². The van der Waals surface area contributed by atoms with E-state index in [0.29, 0.717) is 13.1 Å². The number of imidazole rings is 1. The first kappa shape index (κ1) is 15.1. The van der Waals surface area contributed by atoms with Gasteiger partial charge in [-0.25, -0.2) is 4.98 Å². The van der Waals surface area contributed by atoms with Gasteiger partial charge in [-0.15, -0.1) is 0 Å². The van der Waals surface area contributed by atoms with E-state index in [-0.39, 0.29) is 23.8 Å². The first-order chi connectivity index (χ1) is 10.5. The molecule has 120 valence electrons. The van der Waals surface area contributed by atoms with Crippen molar-refractivity contribution in [2.24, 2.45) is 5.92 Å². The first-order valence-corrected chi connectivity index (χ1v) is 8.11. The van der Waals surface area contributed by atoms with Gasteiger partial charge in [-0.05, 0) is 26.2 Å². The van der Waals surface area contributed by atoms with Crippen molar-refractivity contribution in [2.45, 2.75) is 52.1 Å². The van der Waals surface area contributed by atoms with Crippen LogP contribution in [0.4, 0.5) is 0 Å². The number of aromatic nitrogens is 2. The molecule has 3 heterocycles. The van der Waals surface area contributed by atoms with Gasteiger partial charge < -0.3 is 14.8 Å². The number of piperidine rings is 1. The van der Waals surface area contributed by atoms with Crippen LogP contribution in [-0.2, 0) is 22.6 Å². The van der Waals surface area contributed by atoms with Crippen molar-refractivity contribution in [3.05, 3.63) is 17.7 Å². The van der Waals surface area contributed by atoms with E-state index < -0.39 is 0 Å². The molecular formula is C16H24N4O2. The zero-order chi connectivity index (χ0) is 15.7. The summed E-state index contributed by atoms with van der Waals surface area (Å²) >= 11 is 0. The second kappa shape index (κ2) is 6.10. The Morgan fingerprint density at radius 2 is 2.00 bits per heavy atom. The van der Waals surface area contributed by atoms with E-state index in [1.54, 1.807) is 6.92 Å². The number of fused-ring (bicyclic) bond motifs is 1. The zero-order valence-electron chi connectivity index (χ0n) is 13.3. The molecule has 2 aliphatic rings. The third-order valence-electron chi connectivity index (χ3n) is 4.77. The highest BCUT2D eigenvalue weighted by Crippen LogP contribution is 2.19. The number of carbonyl (C=O) groups excluding carboxylic acids is 2. The van der Waals surface area contributed by atoms with E-state index in [4.69, 9.17) is 0 Å². The predicted octanol–water partition coefficient (Wildman–Crippen LogP) is 0.881. The monoisotopic (exact) mass is 304 g/mol. The number of aryl methyl sites for hydroxylation is 2. The van der Waals surface area contributed by atoms with E-state index in [2.05, 4.69) is 21.1 Å². The molecule has 0 spiro atoms. The van der Waals surface area contributed by atoms with E-state index in [1.165, 1.54) is 0 Å². The van der Waals surface area contributed by atoms with Gasteiger partial charge in [0, 0.05) is 51.1 Å². The maximum Gasteiger partial charge on any atom is 0.223 e. The van der Waals surface area contributed by atoms with Gasteiger partial charge in [0.25, 0.3) is 0 Å². The molecule has 2 amide bonds. The number of likely N-dealkylation sites (tertiary alicyclic amines) is 1. The normalized spacial score (nSPS) is 22.3. The van der Waals surface area contributed by atoms with Gasteiger partial charge in [0.2, 0.25) is 11.8 Å². The quantitative estimate of drug-likeness (QED) is 0.882. The van der Waals surface area contributed by atoms with Crippen molar-refractivity contribution in [3.8, 4) is 0 Å². The van der Waals surface area contributed by atoms with Crippen molar-refractivity contribution in [1.29, 1.82) is 0 Å². The van der Waals surface area contributed by atoms with Crippen LogP contribution in [0, 0.1) is 12.8 Å². The second-order valence-corrected chi connectivity index (χ2v) is 6.48. The number of nitrogens with zero attached hydrogens (tertiary/aromatic N) is 3. The Labute approximate surface area is 130 Å². The van der Waals surface area contributed by atoms with Crippen molar-refractivity contribution < 1.29 is 9.59 Å². The van der Waals surface area contributed by atoms with Crippen LogP contribution in [0.1, 0.15) is 37.7 Å². The van der Waals surface area contributed by atoms with Crippen LogP contribution >= 0.6 is 0 Å². The van der Waals surface area contributed by atoms with Gasteiger partial charge >= 0.3 is 0 Å². The van der Waals surface area contributed by atoms with Crippen LogP contribution in [0.5, 0.6) is 0 Å². The summed E-state index contributed by atoms with van der Waals surface area (Å²) in [5.41, 5.74) is 1.04. The summed E-state index contributed by atoms with van der Waals surface area (Å²) in [5.74, 6) is 1.42. The topological polar surface area (TPSA) is 67.2 Å². The molecule has 6 nitrogen and oxygen atoms in total. The van der Waals surface area contributed by atoms with E-state index in [0.717, 1.165) is 43.7 Å². The average molecular weight is 304 g/mol. The molecule has 6 heteroatoms. The highest BCUT2D eigenvalue weighted by atomic mass is 16.2. The van der Waals surface area contributed by atoms with Gasteiger partial charge in [-0.3, -0.25) is 9.59 Å². The maximum absolute atomic E-state index is 12.4. The van der Waals surface area contributed by atoms with Gasteiger partial charge in [0.1, 0.15) is 5.82 Å². The van der Waals surface area contributed by atoms with Gasteiger partial charge in [0.15, 0.2) is 0 Å². The van der Waals surface area contributed by atoms with Gasteiger partial charge in [0.05, 0.1) is 5.69 Å². The molecule has 0 bridgehead atoms. The molecule has 1 saturated heterocycles. The van der Waals surface area contributed by atoms with E-state index >= 15 is 0 Å². The molecular weight excluding hydrogens is 280 g/mol.